The van der Waals surface area contributed by atoms with Crippen LogP contribution >= 0.6 is 0 Å². The Morgan fingerprint density at radius 2 is 1.65 bits per heavy atom. The first-order chi connectivity index (χ1) is 12.6. The summed E-state index contributed by atoms with van der Waals surface area (Å²) in [5.41, 5.74) is 1.64. The summed E-state index contributed by atoms with van der Waals surface area (Å²) in [6.07, 6.45) is 3.11. The molecule has 2 amide bonds. The molecule has 140 valence electrons. The van der Waals surface area contributed by atoms with Crippen molar-refractivity contribution in [3.63, 3.8) is 0 Å². The summed E-state index contributed by atoms with van der Waals surface area (Å²) in [4.78, 5) is 38.5. The van der Waals surface area contributed by atoms with Crippen LogP contribution in [0, 0.1) is 0 Å². The van der Waals surface area contributed by atoms with Crippen LogP contribution in [0.5, 0.6) is 0 Å². The SMILES string of the molecule is CCCn1c(=O)n(CCC(=O)NCC(=O)N2CCCC2)c2ccccc21. The number of benzene rings is 1. The van der Waals surface area contributed by atoms with E-state index < -0.39 is 0 Å². The van der Waals surface area contributed by atoms with E-state index in [-0.39, 0.29) is 30.5 Å². The van der Waals surface area contributed by atoms with Gasteiger partial charge in [-0.05, 0) is 31.4 Å². The van der Waals surface area contributed by atoms with Gasteiger partial charge in [-0.15, -0.1) is 0 Å². The Kier molecular flexibility index (Phi) is 5.75. The fourth-order valence-corrected chi connectivity index (χ4v) is 3.48. The largest absolute Gasteiger partial charge is 0.347 e. The zero-order chi connectivity index (χ0) is 18.5. The molecule has 1 aromatic carbocycles. The Morgan fingerprint density at radius 1 is 1.04 bits per heavy atom. The molecule has 3 rings (SSSR count). The molecular weight excluding hydrogens is 332 g/mol. The summed E-state index contributed by atoms with van der Waals surface area (Å²) in [7, 11) is 0. The van der Waals surface area contributed by atoms with Gasteiger partial charge in [0.1, 0.15) is 0 Å². The van der Waals surface area contributed by atoms with Crippen molar-refractivity contribution in [3.05, 3.63) is 34.7 Å². The minimum Gasteiger partial charge on any atom is -0.347 e. The molecule has 0 radical (unpaired) electrons. The number of fused-ring (bicyclic) bond motifs is 1. The molecule has 1 aliphatic rings. The highest BCUT2D eigenvalue weighted by Gasteiger charge is 2.18. The first-order valence-electron chi connectivity index (χ1n) is 9.34. The van der Waals surface area contributed by atoms with Crippen LogP contribution in [-0.2, 0) is 22.7 Å². The number of amides is 2. The van der Waals surface area contributed by atoms with Gasteiger partial charge in [-0.1, -0.05) is 19.1 Å². The van der Waals surface area contributed by atoms with Crippen molar-refractivity contribution in [3.8, 4) is 0 Å². The molecule has 1 aliphatic heterocycles. The molecule has 7 nitrogen and oxygen atoms in total. The monoisotopic (exact) mass is 358 g/mol. The van der Waals surface area contributed by atoms with Crippen LogP contribution in [0.4, 0.5) is 0 Å². The highest BCUT2D eigenvalue weighted by Crippen LogP contribution is 2.13. The summed E-state index contributed by atoms with van der Waals surface area (Å²) < 4.78 is 3.40. The number of hydrogen-bond acceptors (Lipinski definition) is 3. The number of nitrogens with one attached hydrogen (secondary N) is 1. The van der Waals surface area contributed by atoms with Crippen LogP contribution in [0.25, 0.3) is 11.0 Å². The maximum absolute atomic E-state index is 12.7. The molecule has 0 saturated carbocycles. The van der Waals surface area contributed by atoms with Crippen molar-refractivity contribution in [2.24, 2.45) is 0 Å². The second-order valence-electron chi connectivity index (χ2n) is 6.69. The van der Waals surface area contributed by atoms with E-state index >= 15 is 0 Å². The lowest BCUT2D eigenvalue weighted by atomic mass is 10.3. The minimum absolute atomic E-state index is 0.0331. The van der Waals surface area contributed by atoms with Crippen LogP contribution < -0.4 is 11.0 Å². The van der Waals surface area contributed by atoms with Gasteiger partial charge in [0.25, 0.3) is 0 Å². The number of likely N-dealkylation sites (tertiary alicyclic amines) is 1. The lowest BCUT2D eigenvalue weighted by molar-refractivity contribution is -0.132. The lowest BCUT2D eigenvalue weighted by Gasteiger charge is -2.15. The molecule has 0 aliphatic carbocycles. The number of hydrogen-bond donors (Lipinski definition) is 1. The Balaban J connectivity index is 1.62. The average molecular weight is 358 g/mol. The Labute approximate surface area is 152 Å². The Morgan fingerprint density at radius 3 is 2.27 bits per heavy atom. The third kappa shape index (κ3) is 3.81. The molecule has 1 fully saturated rings. The van der Waals surface area contributed by atoms with Crippen molar-refractivity contribution >= 4 is 22.8 Å². The van der Waals surface area contributed by atoms with Crippen molar-refractivity contribution in [1.29, 1.82) is 0 Å². The van der Waals surface area contributed by atoms with E-state index in [2.05, 4.69) is 5.32 Å². The predicted molar refractivity (Wildman–Crippen MR) is 99.9 cm³/mol. The number of para-hydroxylation sites is 2. The first kappa shape index (κ1) is 18.2. The summed E-state index contributed by atoms with van der Waals surface area (Å²) in [6, 6.07) is 7.63. The van der Waals surface area contributed by atoms with Crippen molar-refractivity contribution in [1.82, 2.24) is 19.4 Å². The van der Waals surface area contributed by atoms with Crippen LogP contribution in [0.1, 0.15) is 32.6 Å². The van der Waals surface area contributed by atoms with Gasteiger partial charge in [-0.3, -0.25) is 18.7 Å². The topological polar surface area (TPSA) is 76.3 Å². The second kappa shape index (κ2) is 8.21. The van der Waals surface area contributed by atoms with Crippen LogP contribution in [0.3, 0.4) is 0 Å². The molecular formula is C19H26N4O3. The molecule has 1 aromatic heterocycles. The van der Waals surface area contributed by atoms with E-state index in [1.165, 1.54) is 0 Å². The van der Waals surface area contributed by atoms with E-state index in [1.54, 1.807) is 14.0 Å². The number of aryl methyl sites for hydroxylation is 2. The summed E-state index contributed by atoms with van der Waals surface area (Å²) in [6.45, 7) is 4.58. The van der Waals surface area contributed by atoms with E-state index in [0.29, 0.717) is 13.1 Å². The standard InChI is InChI=1S/C19H26N4O3/c1-2-10-22-15-7-3-4-8-16(15)23(19(22)26)13-9-17(24)20-14-18(25)21-11-5-6-12-21/h3-4,7-8H,2,5-6,9-14H2,1H3,(H,20,24). The number of aromatic nitrogens is 2. The third-order valence-corrected chi connectivity index (χ3v) is 4.83. The predicted octanol–water partition coefficient (Wildman–Crippen LogP) is 1.34. The summed E-state index contributed by atoms with van der Waals surface area (Å²) >= 11 is 0. The number of rotatable bonds is 7. The second-order valence-corrected chi connectivity index (χ2v) is 6.69. The van der Waals surface area contributed by atoms with Crippen LogP contribution in [0.2, 0.25) is 0 Å². The fraction of sp³-hybridized carbons (Fsp3) is 0.526. The van der Waals surface area contributed by atoms with Crippen LogP contribution in [-0.4, -0.2) is 45.5 Å². The molecule has 0 atom stereocenters. The van der Waals surface area contributed by atoms with Crippen LogP contribution in [0.15, 0.2) is 29.1 Å². The highest BCUT2D eigenvalue weighted by molar-refractivity contribution is 5.85. The number of carbonyl (C=O) groups excluding carboxylic acids is 2. The summed E-state index contributed by atoms with van der Waals surface area (Å²) in [5.74, 6) is -0.246. The van der Waals surface area contributed by atoms with E-state index in [4.69, 9.17) is 0 Å². The average Bonchev–Trinajstić information content (AvgIpc) is 3.27. The molecule has 0 bridgehead atoms. The maximum Gasteiger partial charge on any atom is 0.329 e. The Bertz CT molecular complexity index is 846. The zero-order valence-electron chi connectivity index (χ0n) is 15.2. The van der Waals surface area contributed by atoms with Gasteiger partial charge >= 0.3 is 5.69 Å². The highest BCUT2D eigenvalue weighted by atomic mass is 16.2. The molecule has 1 saturated heterocycles. The third-order valence-electron chi connectivity index (χ3n) is 4.83. The zero-order valence-corrected chi connectivity index (χ0v) is 15.2. The number of carbonyl (C=O) groups is 2. The van der Waals surface area contributed by atoms with Crippen molar-refractivity contribution < 1.29 is 9.59 Å². The molecule has 7 heteroatoms. The first-order valence-corrected chi connectivity index (χ1v) is 9.34. The van der Waals surface area contributed by atoms with E-state index in [0.717, 1.165) is 43.4 Å². The summed E-state index contributed by atoms with van der Waals surface area (Å²) in [5, 5.41) is 2.68. The molecule has 2 aromatic rings. The van der Waals surface area contributed by atoms with Gasteiger partial charge in [0.05, 0.1) is 17.6 Å². The fourth-order valence-electron chi connectivity index (χ4n) is 3.48. The van der Waals surface area contributed by atoms with Crippen molar-refractivity contribution in [2.45, 2.75) is 45.7 Å². The quantitative estimate of drug-likeness (QED) is 0.811. The molecule has 0 unspecified atom stereocenters. The molecule has 2 heterocycles. The molecule has 0 spiro atoms. The molecule has 1 N–H and O–H groups in total. The van der Waals surface area contributed by atoms with Gasteiger partial charge < -0.3 is 10.2 Å². The van der Waals surface area contributed by atoms with Gasteiger partial charge in [-0.25, -0.2) is 4.79 Å². The Hall–Kier alpha value is -2.57. The smallest absolute Gasteiger partial charge is 0.329 e. The van der Waals surface area contributed by atoms with E-state index in [1.807, 2.05) is 31.2 Å². The van der Waals surface area contributed by atoms with Gasteiger partial charge in [0.15, 0.2) is 0 Å². The maximum atomic E-state index is 12.7. The normalized spacial score (nSPS) is 14.1. The van der Waals surface area contributed by atoms with Gasteiger partial charge in [0, 0.05) is 32.6 Å². The minimum atomic E-state index is -0.211. The van der Waals surface area contributed by atoms with Gasteiger partial charge in [0.2, 0.25) is 11.8 Å². The lowest BCUT2D eigenvalue weighted by Crippen LogP contribution is -2.39. The number of nitrogens with zero attached hydrogens (tertiary/aromatic N) is 3. The van der Waals surface area contributed by atoms with Gasteiger partial charge in [-0.2, -0.15) is 0 Å². The van der Waals surface area contributed by atoms with E-state index in [9.17, 15) is 14.4 Å². The number of imidazole rings is 1. The molecule has 26 heavy (non-hydrogen) atoms. The van der Waals surface area contributed by atoms with Crippen molar-refractivity contribution in [2.75, 3.05) is 19.6 Å².